The van der Waals surface area contributed by atoms with Gasteiger partial charge in [0.15, 0.2) is 0 Å². The molecule has 2 aliphatic heterocycles. The van der Waals surface area contributed by atoms with Crippen molar-refractivity contribution < 1.29 is 17.9 Å². The van der Waals surface area contributed by atoms with Crippen LogP contribution in [0.2, 0.25) is 0 Å². The first-order valence-corrected chi connectivity index (χ1v) is 10.2. The maximum Gasteiger partial charge on any atom is 0.243 e. The number of rotatable bonds is 5. The van der Waals surface area contributed by atoms with Crippen LogP contribution >= 0.6 is 0 Å². The zero-order valence-corrected chi connectivity index (χ0v) is 16.1. The highest BCUT2D eigenvalue weighted by Gasteiger charge is 2.48. The van der Waals surface area contributed by atoms with Crippen molar-refractivity contribution in [3.63, 3.8) is 0 Å². The van der Waals surface area contributed by atoms with Crippen molar-refractivity contribution in [3.05, 3.63) is 24.3 Å². The molecule has 0 saturated carbocycles. The van der Waals surface area contributed by atoms with Crippen molar-refractivity contribution in [1.82, 2.24) is 9.21 Å². The molecule has 1 aromatic carbocycles. The lowest BCUT2D eigenvalue weighted by Crippen LogP contribution is -2.47. The standard InChI is InChI=1S/C18H28N2O4S/c1-19-12-15(13-23-2)18(14-19)7-9-20(10-8-18)25(21,22)17-6-4-5-16(11-17)24-3/h4-6,11,15H,7-10,12-14H2,1-3H3. The molecular weight excluding hydrogens is 340 g/mol. The van der Waals surface area contributed by atoms with Gasteiger partial charge < -0.3 is 14.4 Å². The van der Waals surface area contributed by atoms with Crippen molar-refractivity contribution in [2.75, 3.05) is 54.1 Å². The summed E-state index contributed by atoms with van der Waals surface area (Å²) in [4.78, 5) is 2.65. The number of nitrogens with zero attached hydrogens (tertiary/aromatic N) is 2. The summed E-state index contributed by atoms with van der Waals surface area (Å²) in [6.45, 7) is 3.92. The summed E-state index contributed by atoms with van der Waals surface area (Å²) in [7, 11) is 1.95. The lowest BCUT2D eigenvalue weighted by atomic mass is 9.71. The molecule has 0 amide bonds. The zero-order chi connectivity index (χ0) is 18.1. The fourth-order valence-electron chi connectivity index (χ4n) is 4.38. The molecule has 0 N–H and O–H groups in total. The van der Waals surface area contributed by atoms with Crippen molar-refractivity contribution >= 4 is 10.0 Å². The number of methoxy groups -OCH3 is 2. The summed E-state index contributed by atoms with van der Waals surface area (Å²) in [5.74, 6) is 1.04. The average Bonchev–Trinajstić information content (AvgIpc) is 2.90. The Balaban J connectivity index is 1.75. The Hall–Kier alpha value is -1.15. The lowest BCUT2D eigenvalue weighted by molar-refractivity contribution is 0.0569. The largest absolute Gasteiger partial charge is 0.497 e. The predicted molar refractivity (Wildman–Crippen MR) is 96.3 cm³/mol. The number of sulfonamides is 1. The molecule has 140 valence electrons. The first-order chi connectivity index (χ1) is 11.9. The summed E-state index contributed by atoms with van der Waals surface area (Å²) < 4.78 is 38.1. The molecule has 0 aromatic heterocycles. The summed E-state index contributed by atoms with van der Waals surface area (Å²) in [5, 5.41) is 0. The summed E-state index contributed by atoms with van der Waals surface area (Å²) >= 11 is 0. The van der Waals surface area contributed by atoms with Crippen LogP contribution in [0.15, 0.2) is 29.2 Å². The van der Waals surface area contributed by atoms with E-state index in [4.69, 9.17) is 9.47 Å². The maximum absolute atomic E-state index is 13.0. The molecule has 0 aliphatic carbocycles. The van der Waals surface area contributed by atoms with E-state index in [0.29, 0.717) is 29.7 Å². The van der Waals surface area contributed by atoms with Gasteiger partial charge in [0, 0.05) is 45.3 Å². The average molecular weight is 368 g/mol. The summed E-state index contributed by atoms with van der Waals surface area (Å²) in [5.41, 5.74) is 0.172. The molecule has 1 atom stereocenters. The van der Waals surface area contributed by atoms with E-state index in [1.165, 1.54) is 0 Å². The fraction of sp³-hybridized carbons (Fsp3) is 0.667. The van der Waals surface area contributed by atoms with Crippen LogP contribution in [-0.4, -0.2) is 71.7 Å². The Labute approximate surface area is 150 Å². The maximum atomic E-state index is 13.0. The second kappa shape index (κ2) is 7.23. The molecule has 1 spiro atoms. The fourth-order valence-corrected chi connectivity index (χ4v) is 5.86. The lowest BCUT2D eigenvalue weighted by Gasteiger charge is -2.42. The smallest absolute Gasteiger partial charge is 0.243 e. The Bertz CT molecular complexity index is 699. The van der Waals surface area contributed by atoms with Crippen LogP contribution in [0.3, 0.4) is 0 Å². The van der Waals surface area contributed by atoms with Gasteiger partial charge in [-0.1, -0.05) is 6.07 Å². The molecular formula is C18H28N2O4S. The van der Waals surface area contributed by atoms with Gasteiger partial charge in [-0.3, -0.25) is 0 Å². The Kier molecular flexibility index (Phi) is 5.39. The number of benzene rings is 1. The number of ether oxygens (including phenoxy) is 2. The topological polar surface area (TPSA) is 59.1 Å². The van der Waals surface area contributed by atoms with Gasteiger partial charge in [-0.25, -0.2) is 8.42 Å². The van der Waals surface area contributed by atoms with Crippen LogP contribution in [0.5, 0.6) is 5.75 Å². The first-order valence-electron chi connectivity index (χ1n) is 8.73. The van der Waals surface area contributed by atoms with E-state index in [-0.39, 0.29) is 5.41 Å². The van der Waals surface area contributed by atoms with E-state index < -0.39 is 10.0 Å². The molecule has 0 radical (unpaired) electrons. The van der Waals surface area contributed by atoms with Gasteiger partial charge in [0.25, 0.3) is 0 Å². The molecule has 3 rings (SSSR count). The van der Waals surface area contributed by atoms with Crippen LogP contribution in [0, 0.1) is 11.3 Å². The van der Waals surface area contributed by atoms with Crippen molar-refractivity contribution in [2.24, 2.45) is 11.3 Å². The van der Waals surface area contributed by atoms with Gasteiger partial charge in [0.1, 0.15) is 5.75 Å². The first kappa shape index (κ1) is 18.6. The van der Waals surface area contributed by atoms with E-state index in [9.17, 15) is 8.42 Å². The molecule has 0 bridgehead atoms. The number of piperidine rings is 1. The normalized spacial score (nSPS) is 24.7. The van der Waals surface area contributed by atoms with Gasteiger partial charge in [-0.2, -0.15) is 4.31 Å². The SMILES string of the molecule is COCC1CN(C)CC12CCN(S(=O)(=O)c1cccc(OC)c1)CC2. The highest BCUT2D eigenvalue weighted by Crippen LogP contribution is 2.45. The van der Waals surface area contributed by atoms with Crippen LogP contribution in [-0.2, 0) is 14.8 Å². The molecule has 25 heavy (non-hydrogen) atoms. The van der Waals surface area contributed by atoms with Crippen LogP contribution in [0.1, 0.15) is 12.8 Å². The van der Waals surface area contributed by atoms with Gasteiger partial charge >= 0.3 is 0 Å². The number of hydrogen-bond acceptors (Lipinski definition) is 5. The Morgan fingerprint density at radius 1 is 1.24 bits per heavy atom. The Morgan fingerprint density at radius 2 is 1.96 bits per heavy atom. The van der Waals surface area contributed by atoms with Crippen LogP contribution in [0.25, 0.3) is 0 Å². The van der Waals surface area contributed by atoms with E-state index in [1.807, 2.05) is 0 Å². The van der Waals surface area contributed by atoms with E-state index in [0.717, 1.165) is 32.5 Å². The zero-order valence-electron chi connectivity index (χ0n) is 15.3. The van der Waals surface area contributed by atoms with Gasteiger partial charge in [-0.15, -0.1) is 0 Å². The van der Waals surface area contributed by atoms with Crippen molar-refractivity contribution in [3.8, 4) is 5.75 Å². The number of likely N-dealkylation sites (tertiary alicyclic amines) is 1. The molecule has 1 aromatic rings. The highest BCUT2D eigenvalue weighted by molar-refractivity contribution is 7.89. The molecule has 2 heterocycles. The quantitative estimate of drug-likeness (QED) is 0.791. The molecule has 2 aliphatic rings. The highest BCUT2D eigenvalue weighted by atomic mass is 32.2. The molecule has 2 saturated heterocycles. The minimum absolute atomic E-state index is 0.172. The van der Waals surface area contributed by atoms with Crippen molar-refractivity contribution in [1.29, 1.82) is 0 Å². The minimum Gasteiger partial charge on any atom is -0.497 e. The Morgan fingerprint density at radius 3 is 2.60 bits per heavy atom. The third-order valence-electron chi connectivity index (χ3n) is 5.75. The van der Waals surface area contributed by atoms with Gasteiger partial charge in [0.2, 0.25) is 10.0 Å². The van der Waals surface area contributed by atoms with Crippen LogP contribution < -0.4 is 4.74 Å². The second-order valence-corrected chi connectivity index (χ2v) is 9.23. The monoisotopic (exact) mass is 368 g/mol. The van der Waals surface area contributed by atoms with Gasteiger partial charge in [0.05, 0.1) is 18.6 Å². The van der Waals surface area contributed by atoms with Gasteiger partial charge in [-0.05, 0) is 37.4 Å². The minimum atomic E-state index is -3.48. The van der Waals surface area contributed by atoms with E-state index in [1.54, 1.807) is 42.8 Å². The van der Waals surface area contributed by atoms with E-state index in [2.05, 4.69) is 11.9 Å². The second-order valence-electron chi connectivity index (χ2n) is 7.29. The van der Waals surface area contributed by atoms with Crippen LogP contribution in [0.4, 0.5) is 0 Å². The summed E-state index contributed by atoms with van der Waals surface area (Å²) in [6, 6.07) is 6.71. The molecule has 6 nitrogen and oxygen atoms in total. The third kappa shape index (κ3) is 3.56. The summed E-state index contributed by atoms with van der Waals surface area (Å²) in [6.07, 6.45) is 1.77. The molecule has 1 unspecified atom stereocenters. The third-order valence-corrected chi connectivity index (χ3v) is 7.64. The predicted octanol–water partition coefficient (Wildman–Crippen LogP) is 1.67. The van der Waals surface area contributed by atoms with Crippen molar-refractivity contribution in [2.45, 2.75) is 17.7 Å². The number of hydrogen-bond donors (Lipinski definition) is 0. The molecule has 2 fully saturated rings. The molecule has 7 heteroatoms. The van der Waals surface area contributed by atoms with E-state index >= 15 is 0 Å².